The number of aryl methyl sites for hydroxylation is 1. The van der Waals surface area contributed by atoms with Gasteiger partial charge in [-0.05, 0) is 26.6 Å². The van der Waals surface area contributed by atoms with E-state index in [2.05, 4.69) is 46.8 Å². The first-order valence-corrected chi connectivity index (χ1v) is 9.52. The molecular formula is C21H18N10. The van der Waals surface area contributed by atoms with Crippen LogP contribution in [0.5, 0.6) is 0 Å². The highest BCUT2D eigenvalue weighted by Gasteiger charge is 2.17. The summed E-state index contributed by atoms with van der Waals surface area (Å²) in [6.07, 6.45) is 12.2. The molecule has 0 saturated heterocycles. The fraction of sp³-hybridized carbons (Fsp3) is 0.0952. The molecule has 0 aromatic carbocycles. The summed E-state index contributed by atoms with van der Waals surface area (Å²) in [5, 5.41) is 8.33. The van der Waals surface area contributed by atoms with E-state index < -0.39 is 0 Å². The number of rotatable bonds is 5. The number of nitrogens with one attached hydrogen (secondary N) is 2. The van der Waals surface area contributed by atoms with Crippen molar-refractivity contribution in [3.05, 3.63) is 54.8 Å². The molecule has 0 radical (unpaired) electrons. The number of aromatic nitrogens is 8. The van der Waals surface area contributed by atoms with Crippen LogP contribution >= 0.6 is 0 Å². The maximum atomic E-state index is 4.81. The number of aromatic amines is 2. The third-order valence-electron chi connectivity index (χ3n) is 4.81. The van der Waals surface area contributed by atoms with Gasteiger partial charge in [-0.2, -0.15) is 5.10 Å². The van der Waals surface area contributed by atoms with Gasteiger partial charge in [0.05, 0.1) is 59.2 Å². The molecule has 5 rings (SSSR count). The van der Waals surface area contributed by atoms with Crippen molar-refractivity contribution in [1.82, 2.24) is 39.7 Å². The molecule has 0 spiro atoms. The summed E-state index contributed by atoms with van der Waals surface area (Å²) in [5.74, 6) is 0.619. The fourth-order valence-electron chi connectivity index (χ4n) is 3.34. The predicted octanol–water partition coefficient (Wildman–Crippen LogP) is 3.48. The van der Waals surface area contributed by atoms with Gasteiger partial charge >= 0.3 is 0 Å². The lowest BCUT2D eigenvalue weighted by molar-refractivity contribution is 1.05. The van der Waals surface area contributed by atoms with Crippen LogP contribution in [0.2, 0.25) is 0 Å². The second kappa shape index (κ2) is 7.41. The van der Waals surface area contributed by atoms with Gasteiger partial charge in [-0.15, -0.1) is 0 Å². The molecule has 10 heteroatoms. The van der Waals surface area contributed by atoms with Crippen LogP contribution < -0.4 is 0 Å². The highest BCUT2D eigenvalue weighted by molar-refractivity contribution is 5.95. The Kier molecular flexibility index (Phi) is 4.43. The summed E-state index contributed by atoms with van der Waals surface area (Å²) >= 11 is 0. The summed E-state index contributed by atoms with van der Waals surface area (Å²) in [5.41, 5.74) is 5.99. The fourth-order valence-corrected chi connectivity index (χ4v) is 3.34. The lowest BCUT2D eigenvalue weighted by atomic mass is 10.2. The third kappa shape index (κ3) is 3.19. The number of hydrogen-bond acceptors (Lipinski definition) is 7. The average Bonchev–Trinajstić information content (AvgIpc) is 3.51. The van der Waals surface area contributed by atoms with Gasteiger partial charge in [-0.3, -0.25) is 25.1 Å². The Morgan fingerprint density at radius 3 is 2.87 bits per heavy atom. The zero-order valence-corrected chi connectivity index (χ0v) is 16.9. The summed E-state index contributed by atoms with van der Waals surface area (Å²) < 4.78 is 1.90. The maximum absolute atomic E-state index is 4.81. The highest BCUT2D eigenvalue weighted by Crippen LogP contribution is 2.29. The molecule has 152 valence electrons. The number of H-pyrrole nitrogens is 2. The number of fused-ring (bicyclic) bond motifs is 2. The van der Waals surface area contributed by atoms with Gasteiger partial charge < -0.3 is 9.55 Å². The van der Waals surface area contributed by atoms with Crippen molar-refractivity contribution < 1.29 is 0 Å². The second-order valence-electron chi connectivity index (χ2n) is 6.83. The van der Waals surface area contributed by atoms with Crippen molar-refractivity contribution in [2.75, 3.05) is 0 Å². The topological polar surface area (TPSA) is 126 Å². The van der Waals surface area contributed by atoms with Crippen molar-refractivity contribution in [2.24, 2.45) is 9.98 Å². The van der Waals surface area contributed by atoms with Gasteiger partial charge in [0.1, 0.15) is 16.9 Å². The molecule has 5 aromatic rings. The average molecular weight is 410 g/mol. The Balaban J connectivity index is 1.66. The molecule has 0 atom stereocenters. The van der Waals surface area contributed by atoms with E-state index in [1.807, 2.05) is 30.7 Å². The van der Waals surface area contributed by atoms with E-state index in [1.54, 1.807) is 37.3 Å². The highest BCUT2D eigenvalue weighted by atomic mass is 15.1. The standard InChI is InChI=1S/C21H18N10/c1-4-23-6-16(22-3)14-5-13-15(8-25-14)29-30-19(13)21-27-17-7-24-9-18(20(17)28-21)31-10-12(2)26-11-31/h4-11H,3H2,1-2H3,(H,27,28)(H,29,30)/b16-6-,23-4?. The van der Waals surface area contributed by atoms with Crippen molar-refractivity contribution in [3.63, 3.8) is 0 Å². The van der Waals surface area contributed by atoms with Crippen LogP contribution in [0, 0.1) is 6.92 Å². The first kappa shape index (κ1) is 18.6. The van der Waals surface area contributed by atoms with Gasteiger partial charge in [-0.25, -0.2) is 9.97 Å². The Morgan fingerprint density at radius 1 is 1.19 bits per heavy atom. The SMILES string of the molecule is C=N/C(=C\N=CC)c1cc2c(-c3nc4c(-n5cnc(C)c5)cncc4[nH]3)n[nH]c2cn1. The van der Waals surface area contributed by atoms with Crippen molar-refractivity contribution in [3.8, 4) is 17.2 Å². The number of pyridine rings is 2. The van der Waals surface area contributed by atoms with Crippen LogP contribution in [-0.4, -0.2) is 52.6 Å². The molecule has 0 fully saturated rings. The molecule has 31 heavy (non-hydrogen) atoms. The monoisotopic (exact) mass is 410 g/mol. The molecule has 0 unspecified atom stereocenters. The summed E-state index contributed by atoms with van der Waals surface area (Å²) in [6, 6.07) is 1.89. The van der Waals surface area contributed by atoms with E-state index in [-0.39, 0.29) is 0 Å². The Hall–Kier alpha value is -4.47. The minimum absolute atomic E-state index is 0.568. The van der Waals surface area contributed by atoms with Crippen LogP contribution in [0.15, 0.2) is 53.4 Å². The maximum Gasteiger partial charge on any atom is 0.159 e. The molecule has 2 N–H and O–H groups in total. The Bertz CT molecular complexity index is 1480. The normalized spacial score (nSPS) is 12.4. The molecule has 0 saturated carbocycles. The van der Waals surface area contributed by atoms with Gasteiger partial charge in [0.25, 0.3) is 0 Å². The Morgan fingerprint density at radius 2 is 2.10 bits per heavy atom. The molecule has 10 nitrogen and oxygen atoms in total. The minimum Gasteiger partial charge on any atom is -0.335 e. The lowest BCUT2D eigenvalue weighted by Crippen LogP contribution is -1.92. The minimum atomic E-state index is 0.568. The van der Waals surface area contributed by atoms with Gasteiger partial charge in [0.15, 0.2) is 5.82 Å². The molecule has 5 heterocycles. The number of imidazole rings is 2. The van der Waals surface area contributed by atoms with Gasteiger partial charge in [0.2, 0.25) is 0 Å². The van der Waals surface area contributed by atoms with Crippen LogP contribution in [-0.2, 0) is 0 Å². The largest absolute Gasteiger partial charge is 0.335 e. The predicted molar refractivity (Wildman–Crippen MR) is 120 cm³/mol. The summed E-state index contributed by atoms with van der Waals surface area (Å²) in [4.78, 5) is 29.4. The number of hydrogen-bond donors (Lipinski definition) is 2. The number of nitrogens with zero attached hydrogens (tertiary/aromatic N) is 8. The Labute approximate surface area is 176 Å². The van der Waals surface area contributed by atoms with Crippen molar-refractivity contribution in [2.45, 2.75) is 13.8 Å². The van der Waals surface area contributed by atoms with E-state index in [4.69, 9.17) is 4.98 Å². The molecule has 0 aliphatic rings. The van der Waals surface area contributed by atoms with E-state index in [0.29, 0.717) is 22.9 Å². The second-order valence-corrected chi connectivity index (χ2v) is 6.83. The van der Waals surface area contributed by atoms with Crippen LogP contribution in [0.25, 0.3) is 44.8 Å². The number of aliphatic imine (C=N–C) groups is 2. The molecular weight excluding hydrogens is 392 g/mol. The first-order chi connectivity index (χ1) is 15.2. The summed E-state index contributed by atoms with van der Waals surface area (Å²) in [7, 11) is 0. The van der Waals surface area contributed by atoms with E-state index >= 15 is 0 Å². The third-order valence-corrected chi connectivity index (χ3v) is 4.81. The molecule has 0 amide bonds. The van der Waals surface area contributed by atoms with Gasteiger partial charge in [-0.1, -0.05) is 0 Å². The smallest absolute Gasteiger partial charge is 0.159 e. The van der Waals surface area contributed by atoms with Crippen LogP contribution in [0.4, 0.5) is 0 Å². The van der Waals surface area contributed by atoms with E-state index in [1.165, 1.54) is 0 Å². The molecule has 5 aromatic heterocycles. The van der Waals surface area contributed by atoms with Gasteiger partial charge in [0, 0.05) is 17.8 Å². The molecule has 0 aliphatic carbocycles. The van der Waals surface area contributed by atoms with Crippen LogP contribution in [0.3, 0.4) is 0 Å². The molecule has 0 bridgehead atoms. The van der Waals surface area contributed by atoms with E-state index in [0.717, 1.165) is 33.3 Å². The van der Waals surface area contributed by atoms with Crippen molar-refractivity contribution >= 4 is 40.6 Å². The first-order valence-electron chi connectivity index (χ1n) is 9.52. The summed E-state index contributed by atoms with van der Waals surface area (Å²) in [6.45, 7) is 7.39. The van der Waals surface area contributed by atoms with Crippen molar-refractivity contribution in [1.29, 1.82) is 0 Å². The van der Waals surface area contributed by atoms with Crippen LogP contribution in [0.1, 0.15) is 18.3 Å². The zero-order valence-electron chi connectivity index (χ0n) is 16.9. The zero-order chi connectivity index (χ0) is 21.4. The quantitative estimate of drug-likeness (QED) is 0.429. The van der Waals surface area contributed by atoms with E-state index in [9.17, 15) is 0 Å². The lowest BCUT2D eigenvalue weighted by Gasteiger charge is -2.01. The molecule has 0 aliphatic heterocycles.